The maximum absolute atomic E-state index is 12.4. The predicted octanol–water partition coefficient (Wildman–Crippen LogP) is 3.94. The zero-order valence-corrected chi connectivity index (χ0v) is 16.6. The van der Waals surface area contributed by atoms with Crippen molar-refractivity contribution in [1.29, 1.82) is 0 Å². The summed E-state index contributed by atoms with van der Waals surface area (Å²) in [5.74, 6) is 0.908. The maximum atomic E-state index is 12.4. The summed E-state index contributed by atoms with van der Waals surface area (Å²) < 4.78 is 6.78. The Labute approximate surface area is 160 Å². The molecule has 1 aliphatic heterocycles. The van der Waals surface area contributed by atoms with Gasteiger partial charge in [-0.2, -0.15) is 0 Å². The monoisotopic (exact) mass is 423 g/mol. The van der Waals surface area contributed by atoms with Crippen molar-refractivity contribution in [3.05, 3.63) is 45.1 Å². The number of piperazine rings is 1. The quantitative estimate of drug-likeness (QED) is 0.791. The molecule has 5 nitrogen and oxygen atoms in total. The number of urea groups is 1. The topological polar surface area (TPSA) is 44.8 Å². The molecule has 25 heavy (non-hydrogen) atoms. The van der Waals surface area contributed by atoms with E-state index < -0.39 is 0 Å². The number of benzene rings is 1. The highest BCUT2D eigenvalue weighted by molar-refractivity contribution is 9.10. The fraction of sp³-hybridized carbons (Fsp3) is 0.389. The Morgan fingerprint density at radius 3 is 2.72 bits per heavy atom. The summed E-state index contributed by atoms with van der Waals surface area (Å²) in [6.45, 7) is 6.25. The minimum Gasteiger partial charge on any atom is -0.492 e. The first-order valence-electron chi connectivity index (χ1n) is 8.40. The van der Waals surface area contributed by atoms with Gasteiger partial charge in [0.05, 0.1) is 18.8 Å². The lowest BCUT2D eigenvalue weighted by atomic mass is 10.2. The van der Waals surface area contributed by atoms with E-state index in [1.807, 2.05) is 41.5 Å². The molecule has 2 amide bonds. The van der Waals surface area contributed by atoms with Crippen LogP contribution in [-0.2, 0) is 6.54 Å². The minimum atomic E-state index is 0.00210. The first-order chi connectivity index (χ1) is 12.2. The number of amides is 2. The molecule has 1 aromatic carbocycles. The molecule has 1 N–H and O–H groups in total. The molecule has 2 heterocycles. The van der Waals surface area contributed by atoms with Crippen molar-refractivity contribution in [2.45, 2.75) is 13.5 Å². The smallest absolute Gasteiger partial charge is 0.317 e. The molecule has 0 unspecified atom stereocenters. The third-order valence-corrected chi connectivity index (χ3v) is 5.81. The lowest BCUT2D eigenvalue weighted by Crippen LogP contribution is -2.51. The van der Waals surface area contributed by atoms with E-state index >= 15 is 0 Å². The van der Waals surface area contributed by atoms with Crippen LogP contribution in [0.4, 0.5) is 10.5 Å². The van der Waals surface area contributed by atoms with Crippen LogP contribution in [0.3, 0.4) is 0 Å². The number of thiophene rings is 1. The van der Waals surface area contributed by atoms with Gasteiger partial charge in [0.2, 0.25) is 0 Å². The van der Waals surface area contributed by atoms with Gasteiger partial charge >= 0.3 is 6.03 Å². The van der Waals surface area contributed by atoms with Crippen LogP contribution in [0.25, 0.3) is 0 Å². The number of hydrogen-bond acceptors (Lipinski definition) is 4. The van der Waals surface area contributed by atoms with Gasteiger partial charge in [-0.3, -0.25) is 0 Å². The van der Waals surface area contributed by atoms with Gasteiger partial charge in [-0.15, -0.1) is 11.3 Å². The van der Waals surface area contributed by atoms with E-state index in [-0.39, 0.29) is 6.03 Å². The molecule has 2 aromatic rings. The molecule has 7 heteroatoms. The number of rotatable bonds is 5. The fourth-order valence-corrected chi connectivity index (χ4v) is 4.26. The number of anilines is 1. The summed E-state index contributed by atoms with van der Waals surface area (Å²) in [6.07, 6.45) is 0. The lowest BCUT2D eigenvalue weighted by molar-refractivity contribution is 0.194. The van der Waals surface area contributed by atoms with Gasteiger partial charge in [-0.05, 0) is 41.1 Å². The molecule has 1 aromatic heterocycles. The van der Waals surface area contributed by atoms with Crippen LogP contribution < -0.4 is 15.0 Å². The van der Waals surface area contributed by atoms with Gasteiger partial charge in [0.1, 0.15) is 5.75 Å². The number of carbonyl (C=O) groups is 1. The Bertz CT molecular complexity index is 714. The van der Waals surface area contributed by atoms with Crippen molar-refractivity contribution in [2.75, 3.05) is 37.7 Å². The summed E-state index contributed by atoms with van der Waals surface area (Å²) in [5.41, 5.74) is 1.10. The van der Waals surface area contributed by atoms with Gasteiger partial charge in [0.15, 0.2) is 0 Å². The number of hydrogen-bond donors (Lipinski definition) is 1. The fourth-order valence-electron chi connectivity index (χ4n) is 2.87. The van der Waals surface area contributed by atoms with Crippen LogP contribution in [-0.4, -0.2) is 43.7 Å². The largest absolute Gasteiger partial charge is 0.492 e. The second kappa shape index (κ2) is 8.58. The molecule has 1 aliphatic rings. The van der Waals surface area contributed by atoms with Crippen LogP contribution in [0.1, 0.15) is 11.8 Å². The maximum Gasteiger partial charge on any atom is 0.317 e. The summed E-state index contributed by atoms with van der Waals surface area (Å²) in [4.78, 5) is 17.7. The number of nitrogens with one attached hydrogen (secondary N) is 1. The molecular weight excluding hydrogens is 402 g/mol. The summed E-state index contributed by atoms with van der Waals surface area (Å²) in [5, 5.41) is 5.03. The Morgan fingerprint density at radius 1 is 1.28 bits per heavy atom. The normalized spacial score (nSPS) is 14.5. The van der Waals surface area contributed by atoms with Gasteiger partial charge in [0, 0.05) is 40.9 Å². The second-order valence-electron chi connectivity index (χ2n) is 5.76. The summed E-state index contributed by atoms with van der Waals surface area (Å²) in [6, 6.07) is 10.1. The average molecular weight is 424 g/mol. The molecule has 0 saturated carbocycles. The highest BCUT2D eigenvalue weighted by Crippen LogP contribution is 2.28. The third kappa shape index (κ3) is 4.67. The van der Waals surface area contributed by atoms with Gasteiger partial charge in [0.25, 0.3) is 0 Å². The zero-order chi connectivity index (χ0) is 17.6. The van der Waals surface area contributed by atoms with Crippen molar-refractivity contribution in [3.8, 4) is 5.75 Å². The molecular formula is C18H22BrN3O2S. The van der Waals surface area contributed by atoms with Crippen LogP contribution in [0.2, 0.25) is 0 Å². The highest BCUT2D eigenvalue weighted by Gasteiger charge is 2.22. The molecule has 0 radical (unpaired) electrons. The minimum absolute atomic E-state index is 0.00210. The standard InChI is InChI=1S/C18H22BrN3O2S/c1-2-24-17-6-4-3-5-16(17)21-7-9-22(10-8-21)18(23)20-12-15-11-14(19)13-25-15/h3-6,11,13H,2,7-10,12H2,1H3,(H,20,23). The van der Waals surface area contributed by atoms with Crippen molar-refractivity contribution < 1.29 is 9.53 Å². The van der Waals surface area contributed by atoms with E-state index in [9.17, 15) is 4.79 Å². The Hall–Kier alpha value is -1.73. The van der Waals surface area contributed by atoms with Crippen LogP contribution in [0.5, 0.6) is 5.75 Å². The van der Waals surface area contributed by atoms with Crippen LogP contribution in [0, 0.1) is 0 Å². The molecule has 134 valence electrons. The molecule has 1 saturated heterocycles. The Morgan fingerprint density at radius 2 is 2.04 bits per heavy atom. The summed E-state index contributed by atoms with van der Waals surface area (Å²) in [7, 11) is 0. The van der Waals surface area contributed by atoms with E-state index in [0.717, 1.165) is 33.9 Å². The first kappa shape index (κ1) is 18.1. The van der Waals surface area contributed by atoms with Crippen molar-refractivity contribution in [1.82, 2.24) is 10.2 Å². The first-order valence-corrected chi connectivity index (χ1v) is 10.1. The van der Waals surface area contributed by atoms with Crippen LogP contribution in [0.15, 0.2) is 40.2 Å². The van der Waals surface area contributed by atoms with Gasteiger partial charge in [-0.1, -0.05) is 12.1 Å². The molecule has 3 rings (SSSR count). The molecule has 0 bridgehead atoms. The Kier molecular flexibility index (Phi) is 6.20. The van der Waals surface area contributed by atoms with E-state index in [1.54, 1.807) is 11.3 Å². The lowest BCUT2D eigenvalue weighted by Gasteiger charge is -2.36. The average Bonchev–Trinajstić information content (AvgIpc) is 3.06. The number of nitrogens with zero attached hydrogens (tertiary/aromatic N) is 2. The number of carbonyl (C=O) groups excluding carboxylic acids is 1. The highest BCUT2D eigenvalue weighted by atomic mass is 79.9. The van der Waals surface area contributed by atoms with E-state index in [1.165, 1.54) is 0 Å². The van der Waals surface area contributed by atoms with Crippen molar-refractivity contribution in [3.63, 3.8) is 0 Å². The van der Waals surface area contributed by atoms with Crippen molar-refractivity contribution >= 4 is 39.0 Å². The molecule has 1 fully saturated rings. The van der Waals surface area contributed by atoms with E-state index in [0.29, 0.717) is 26.2 Å². The number of halogens is 1. The van der Waals surface area contributed by atoms with Gasteiger partial charge < -0.3 is 19.9 Å². The SMILES string of the molecule is CCOc1ccccc1N1CCN(C(=O)NCc2cc(Br)cs2)CC1. The van der Waals surface area contributed by atoms with E-state index in [4.69, 9.17) is 4.74 Å². The number of ether oxygens (including phenoxy) is 1. The predicted molar refractivity (Wildman–Crippen MR) is 106 cm³/mol. The Balaban J connectivity index is 1.52. The molecule has 0 aliphatic carbocycles. The third-order valence-electron chi connectivity index (χ3n) is 4.11. The van der Waals surface area contributed by atoms with Gasteiger partial charge in [-0.25, -0.2) is 4.79 Å². The molecule has 0 spiro atoms. The van der Waals surface area contributed by atoms with Crippen LogP contribution >= 0.6 is 27.3 Å². The summed E-state index contributed by atoms with van der Waals surface area (Å²) >= 11 is 5.07. The van der Waals surface area contributed by atoms with Crippen molar-refractivity contribution in [2.24, 2.45) is 0 Å². The second-order valence-corrected chi connectivity index (χ2v) is 7.68. The zero-order valence-electron chi connectivity index (χ0n) is 14.2. The molecule has 0 atom stereocenters. The number of para-hydroxylation sites is 2. The van der Waals surface area contributed by atoms with E-state index in [2.05, 4.69) is 32.2 Å².